The van der Waals surface area contributed by atoms with Crippen molar-refractivity contribution < 1.29 is 18.7 Å². The minimum Gasteiger partial charge on any atom is -0.444 e. The van der Waals surface area contributed by atoms with Crippen molar-refractivity contribution in [2.24, 2.45) is 0 Å². The molecule has 2 atom stereocenters. The van der Waals surface area contributed by atoms with Gasteiger partial charge in [-0.15, -0.1) is 0 Å². The molecule has 0 spiro atoms. The van der Waals surface area contributed by atoms with E-state index in [4.69, 9.17) is 4.74 Å². The number of halogens is 1. The molecule has 214 valence electrons. The molecule has 1 fully saturated rings. The second kappa shape index (κ2) is 11.8. The molecule has 3 rings (SSSR count). The number of amides is 2. The van der Waals surface area contributed by atoms with Crippen molar-refractivity contribution in [2.45, 2.75) is 105 Å². The average molecular weight is 543 g/mol. The number of pyridine rings is 1. The molecule has 0 saturated carbocycles. The van der Waals surface area contributed by atoms with Gasteiger partial charge in [-0.25, -0.2) is 9.18 Å². The third-order valence-corrected chi connectivity index (χ3v) is 7.38. The number of benzene rings is 1. The van der Waals surface area contributed by atoms with Crippen LogP contribution in [-0.2, 0) is 11.3 Å². The van der Waals surface area contributed by atoms with Crippen LogP contribution in [-0.4, -0.2) is 52.2 Å². The number of aromatic nitrogens is 1. The Morgan fingerprint density at radius 1 is 1.13 bits per heavy atom. The first-order valence-corrected chi connectivity index (χ1v) is 13.7. The summed E-state index contributed by atoms with van der Waals surface area (Å²) in [6.07, 6.45) is 1.04. The van der Waals surface area contributed by atoms with Gasteiger partial charge >= 0.3 is 6.09 Å². The number of hydrogen-bond donors (Lipinski definition) is 2. The molecule has 39 heavy (non-hydrogen) atoms. The Morgan fingerprint density at radius 2 is 1.74 bits per heavy atom. The summed E-state index contributed by atoms with van der Waals surface area (Å²) < 4.78 is 20.6. The molecule has 2 heterocycles. The molecular weight excluding hydrogens is 499 g/mol. The number of carbonyl (C=O) groups is 2. The average Bonchev–Trinajstić information content (AvgIpc) is 2.79. The summed E-state index contributed by atoms with van der Waals surface area (Å²) in [5.74, 6) is -0.944. The van der Waals surface area contributed by atoms with Gasteiger partial charge < -0.3 is 24.8 Å². The Labute approximate surface area is 230 Å². The van der Waals surface area contributed by atoms with Crippen molar-refractivity contribution in [3.05, 3.63) is 62.3 Å². The molecule has 2 amide bonds. The molecule has 0 aliphatic carbocycles. The maximum absolute atomic E-state index is 14.9. The molecule has 0 bridgehead atoms. The number of likely N-dealkylation sites (tertiary alicyclic amines) is 1. The SMILES string of the molecule is CCN(c1cc(F)cc(C(=O)NCc2c(C)cc(C)[nH]c2=O)c1C)C1CC(C)N(C(=O)OC(C)(C)C)C(C)C1. The maximum Gasteiger partial charge on any atom is 0.410 e. The van der Waals surface area contributed by atoms with Crippen LogP contribution in [0, 0.1) is 26.6 Å². The van der Waals surface area contributed by atoms with Crippen LogP contribution in [0.3, 0.4) is 0 Å². The maximum atomic E-state index is 14.9. The van der Waals surface area contributed by atoms with Crippen molar-refractivity contribution in [3.8, 4) is 0 Å². The summed E-state index contributed by atoms with van der Waals surface area (Å²) in [6, 6.07) is 4.46. The van der Waals surface area contributed by atoms with Gasteiger partial charge in [-0.2, -0.15) is 0 Å². The smallest absolute Gasteiger partial charge is 0.410 e. The number of carbonyl (C=O) groups excluding carboxylic acids is 2. The van der Waals surface area contributed by atoms with Crippen molar-refractivity contribution in [2.75, 3.05) is 11.4 Å². The van der Waals surface area contributed by atoms with Gasteiger partial charge in [0.15, 0.2) is 0 Å². The van der Waals surface area contributed by atoms with Gasteiger partial charge in [-0.3, -0.25) is 9.59 Å². The highest BCUT2D eigenvalue weighted by atomic mass is 19.1. The van der Waals surface area contributed by atoms with Crippen LogP contribution in [0.15, 0.2) is 23.0 Å². The molecule has 1 saturated heterocycles. The number of nitrogens with zero attached hydrogens (tertiary/aromatic N) is 2. The zero-order chi connectivity index (χ0) is 29.2. The number of H-pyrrole nitrogens is 1. The fraction of sp³-hybridized carbons (Fsp3) is 0.567. The number of hydrogen-bond acceptors (Lipinski definition) is 5. The molecule has 8 nitrogen and oxygen atoms in total. The van der Waals surface area contributed by atoms with Crippen LogP contribution >= 0.6 is 0 Å². The monoisotopic (exact) mass is 542 g/mol. The van der Waals surface area contributed by atoms with E-state index in [0.29, 0.717) is 36.2 Å². The second-order valence-corrected chi connectivity index (χ2v) is 11.7. The lowest BCUT2D eigenvalue weighted by Gasteiger charge is -2.47. The van der Waals surface area contributed by atoms with E-state index < -0.39 is 17.3 Å². The number of rotatable bonds is 6. The number of aryl methyl sites for hydroxylation is 2. The van der Waals surface area contributed by atoms with E-state index in [1.165, 1.54) is 12.1 Å². The van der Waals surface area contributed by atoms with E-state index in [1.807, 2.05) is 61.5 Å². The zero-order valence-electron chi connectivity index (χ0n) is 24.7. The second-order valence-electron chi connectivity index (χ2n) is 11.7. The standard InChI is InChI=1S/C30H43FN4O4/c1-10-34(23-12-19(4)35(20(5)13-23)29(38)39-30(7,8)9)26-15-22(31)14-24(21(26)6)27(36)32-16-25-17(2)11-18(3)33-28(25)37/h11,14-15,19-20,23H,10,12-13,16H2,1-9H3,(H,32,36)(H,33,37). The number of nitrogens with one attached hydrogen (secondary N) is 2. The predicted octanol–water partition coefficient (Wildman–Crippen LogP) is 5.37. The molecule has 1 aliphatic heterocycles. The molecule has 0 radical (unpaired) electrons. The van der Waals surface area contributed by atoms with Crippen LogP contribution in [0.25, 0.3) is 0 Å². The fourth-order valence-electron chi connectivity index (χ4n) is 5.66. The van der Waals surface area contributed by atoms with E-state index >= 15 is 0 Å². The quantitative estimate of drug-likeness (QED) is 0.512. The number of anilines is 1. The first-order valence-electron chi connectivity index (χ1n) is 13.7. The molecule has 2 N–H and O–H groups in total. The van der Waals surface area contributed by atoms with Gasteiger partial charge in [-0.1, -0.05) is 0 Å². The largest absolute Gasteiger partial charge is 0.444 e. The summed E-state index contributed by atoms with van der Waals surface area (Å²) in [7, 11) is 0. The van der Waals surface area contributed by atoms with E-state index in [1.54, 1.807) is 11.8 Å². The topological polar surface area (TPSA) is 94.7 Å². The van der Waals surface area contributed by atoms with Gasteiger partial charge in [0.25, 0.3) is 11.5 Å². The van der Waals surface area contributed by atoms with Crippen molar-refractivity contribution in [1.29, 1.82) is 0 Å². The predicted molar refractivity (Wildman–Crippen MR) is 152 cm³/mol. The molecule has 1 aliphatic rings. The van der Waals surface area contributed by atoms with Gasteiger partial charge in [0.2, 0.25) is 0 Å². The van der Waals surface area contributed by atoms with Crippen molar-refractivity contribution in [1.82, 2.24) is 15.2 Å². The number of ether oxygens (including phenoxy) is 1. The summed E-state index contributed by atoms with van der Waals surface area (Å²) in [5.41, 5.74) is 2.73. The van der Waals surface area contributed by atoms with E-state index in [9.17, 15) is 18.8 Å². The molecular formula is C30H43FN4O4. The lowest BCUT2D eigenvalue weighted by Crippen LogP contribution is -2.56. The molecule has 9 heteroatoms. The van der Waals surface area contributed by atoms with Crippen LogP contribution in [0.5, 0.6) is 0 Å². The first kappa shape index (κ1) is 30.2. The summed E-state index contributed by atoms with van der Waals surface area (Å²) in [5, 5.41) is 2.80. The van der Waals surface area contributed by atoms with E-state index in [-0.39, 0.29) is 41.9 Å². The van der Waals surface area contributed by atoms with E-state index in [2.05, 4.69) is 15.2 Å². The molecule has 2 unspecified atom stereocenters. The minimum absolute atomic E-state index is 0.0429. The highest BCUT2D eigenvalue weighted by Crippen LogP contribution is 2.34. The van der Waals surface area contributed by atoms with Crippen molar-refractivity contribution >= 4 is 17.7 Å². The summed E-state index contributed by atoms with van der Waals surface area (Å²) in [6.45, 7) is 17.7. The van der Waals surface area contributed by atoms with Crippen LogP contribution in [0.2, 0.25) is 0 Å². The number of piperidine rings is 1. The summed E-state index contributed by atoms with van der Waals surface area (Å²) >= 11 is 0. The Kier molecular flexibility index (Phi) is 9.13. The fourth-order valence-corrected chi connectivity index (χ4v) is 5.66. The Morgan fingerprint density at radius 3 is 2.28 bits per heavy atom. The van der Waals surface area contributed by atoms with Gasteiger partial charge in [0.05, 0.1) is 0 Å². The van der Waals surface area contributed by atoms with Crippen LogP contribution in [0.1, 0.15) is 87.1 Å². The lowest BCUT2D eigenvalue weighted by atomic mass is 9.90. The van der Waals surface area contributed by atoms with Gasteiger partial charge in [0.1, 0.15) is 11.4 Å². The lowest BCUT2D eigenvalue weighted by molar-refractivity contribution is -0.00252. The highest BCUT2D eigenvalue weighted by molar-refractivity contribution is 5.97. The third-order valence-electron chi connectivity index (χ3n) is 7.38. The normalized spacial score (nSPS) is 19.5. The first-order chi connectivity index (χ1) is 18.1. The van der Waals surface area contributed by atoms with Gasteiger partial charge in [-0.05, 0) is 104 Å². The summed E-state index contributed by atoms with van der Waals surface area (Å²) in [4.78, 5) is 45.1. The Hall–Kier alpha value is -3.36. The Bertz CT molecular complexity index is 1270. The third kappa shape index (κ3) is 6.99. The zero-order valence-corrected chi connectivity index (χ0v) is 24.7. The highest BCUT2D eigenvalue weighted by Gasteiger charge is 2.38. The molecule has 2 aromatic rings. The Balaban J connectivity index is 1.83. The minimum atomic E-state index is -0.579. The van der Waals surface area contributed by atoms with Crippen molar-refractivity contribution in [3.63, 3.8) is 0 Å². The van der Waals surface area contributed by atoms with E-state index in [0.717, 1.165) is 11.3 Å². The van der Waals surface area contributed by atoms with Crippen LogP contribution < -0.4 is 15.8 Å². The number of aromatic amines is 1. The molecule has 1 aromatic heterocycles. The van der Waals surface area contributed by atoms with Crippen LogP contribution in [0.4, 0.5) is 14.9 Å². The molecule has 1 aromatic carbocycles. The van der Waals surface area contributed by atoms with Gasteiger partial charge in [0, 0.05) is 53.7 Å².